The van der Waals surface area contributed by atoms with Gasteiger partial charge in [-0.1, -0.05) is 0 Å². The van der Waals surface area contributed by atoms with E-state index in [1.54, 1.807) is 19.0 Å². The van der Waals surface area contributed by atoms with Crippen LogP contribution in [0.2, 0.25) is 0 Å². The maximum Gasteiger partial charge on any atom is 0.460 e. The highest BCUT2D eigenvalue weighted by molar-refractivity contribution is 5.84. The molecular weight excluding hydrogens is 285 g/mol. The molecule has 0 bridgehead atoms. The second-order valence-electron chi connectivity index (χ2n) is 4.06. The van der Waals surface area contributed by atoms with E-state index in [0.29, 0.717) is 6.54 Å². The number of rotatable bonds is 6. The van der Waals surface area contributed by atoms with Gasteiger partial charge in [0.05, 0.1) is 0 Å². The van der Waals surface area contributed by atoms with E-state index in [1.807, 2.05) is 0 Å². The number of amides is 1. The predicted octanol–water partition coefficient (Wildman–Crippen LogP) is 1.89. The van der Waals surface area contributed by atoms with Crippen LogP contribution in [0.3, 0.4) is 0 Å². The summed E-state index contributed by atoms with van der Waals surface area (Å²) in [5.41, 5.74) is 0. The molecule has 114 valence electrons. The molecular formula is C9H13F7N2O. The zero-order valence-electron chi connectivity index (χ0n) is 10.1. The van der Waals surface area contributed by atoms with Gasteiger partial charge >= 0.3 is 18.0 Å². The van der Waals surface area contributed by atoms with Crippen LogP contribution in [0.1, 0.15) is 6.42 Å². The molecule has 0 aromatic carbocycles. The summed E-state index contributed by atoms with van der Waals surface area (Å²) in [5, 5.41) is 1.36. The van der Waals surface area contributed by atoms with E-state index < -0.39 is 30.5 Å². The van der Waals surface area contributed by atoms with Crippen molar-refractivity contribution < 1.29 is 35.5 Å². The van der Waals surface area contributed by atoms with Gasteiger partial charge in [-0.15, -0.1) is 0 Å². The van der Waals surface area contributed by atoms with Crippen LogP contribution in [0.25, 0.3) is 0 Å². The summed E-state index contributed by atoms with van der Waals surface area (Å²) in [6, 6.07) is 0. The van der Waals surface area contributed by atoms with E-state index in [0.717, 1.165) is 0 Å². The van der Waals surface area contributed by atoms with Crippen LogP contribution in [0.5, 0.6) is 0 Å². The van der Waals surface area contributed by atoms with Gasteiger partial charge in [0.2, 0.25) is 0 Å². The van der Waals surface area contributed by atoms with Gasteiger partial charge in [0.15, 0.2) is 0 Å². The molecule has 1 amide bonds. The Kier molecular flexibility index (Phi) is 5.60. The Morgan fingerprint density at radius 3 is 1.89 bits per heavy atom. The third-order valence-electron chi connectivity index (χ3n) is 2.10. The lowest BCUT2D eigenvalue weighted by Gasteiger charge is -2.27. The lowest BCUT2D eigenvalue weighted by molar-refractivity contribution is -0.344. The Balaban J connectivity index is 4.61. The van der Waals surface area contributed by atoms with Crippen molar-refractivity contribution in [2.24, 2.45) is 0 Å². The molecule has 0 aliphatic heterocycles. The molecule has 0 aromatic rings. The number of hydrogen-bond donors (Lipinski definition) is 1. The van der Waals surface area contributed by atoms with E-state index in [2.05, 4.69) is 0 Å². The van der Waals surface area contributed by atoms with Crippen molar-refractivity contribution in [3.8, 4) is 0 Å². The van der Waals surface area contributed by atoms with Gasteiger partial charge in [0.25, 0.3) is 5.91 Å². The van der Waals surface area contributed by atoms with E-state index in [-0.39, 0.29) is 6.42 Å². The zero-order chi connectivity index (χ0) is 15.5. The molecule has 0 atom stereocenters. The summed E-state index contributed by atoms with van der Waals surface area (Å²) in [7, 11) is 3.27. The van der Waals surface area contributed by atoms with Crippen LogP contribution in [-0.2, 0) is 4.79 Å². The maximum atomic E-state index is 12.8. The first kappa shape index (κ1) is 17.9. The van der Waals surface area contributed by atoms with Crippen LogP contribution in [0.15, 0.2) is 0 Å². The normalized spacial score (nSPS) is 13.8. The van der Waals surface area contributed by atoms with Gasteiger partial charge in [-0.25, -0.2) is 0 Å². The molecule has 0 rings (SSSR count). The number of hydrogen-bond acceptors (Lipinski definition) is 2. The molecule has 0 fully saturated rings. The molecule has 19 heavy (non-hydrogen) atoms. The fourth-order valence-corrected chi connectivity index (χ4v) is 1.03. The maximum absolute atomic E-state index is 12.8. The first-order valence-electron chi connectivity index (χ1n) is 5.09. The van der Waals surface area contributed by atoms with E-state index in [1.165, 1.54) is 5.32 Å². The van der Waals surface area contributed by atoms with Gasteiger partial charge in [0, 0.05) is 6.54 Å². The zero-order valence-corrected chi connectivity index (χ0v) is 10.1. The molecule has 0 aliphatic carbocycles. The van der Waals surface area contributed by atoms with E-state index in [4.69, 9.17) is 0 Å². The predicted molar refractivity (Wildman–Crippen MR) is 52.1 cm³/mol. The Bertz CT molecular complexity index is 314. The summed E-state index contributed by atoms with van der Waals surface area (Å²) in [5.74, 6) is -14.9. The Morgan fingerprint density at radius 1 is 1.05 bits per heavy atom. The van der Waals surface area contributed by atoms with Gasteiger partial charge in [0.1, 0.15) is 0 Å². The Hall–Kier alpha value is -1.06. The van der Waals surface area contributed by atoms with Gasteiger partial charge in [-0.2, -0.15) is 30.7 Å². The molecule has 0 saturated heterocycles. The average Bonchev–Trinajstić information content (AvgIpc) is 2.21. The topological polar surface area (TPSA) is 32.3 Å². The Labute approximate surface area is 104 Å². The highest BCUT2D eigenvalue weighted by Gasteiger charge is 2.76. The molecule has 0 spiro atoms. The molecule has 0 unspecified atom stereocenters. The second-order valence-corrected chi connectivity index (χ2v) is 4.06. The molecule has 0 aliphatic rings. The van der Waals surface area contributed by atoms with Crippen molar-refractivity contribution in [1.29, 1.82) is 0 Å². The quantitative estimate of drug-likeness (QED) is 0.600. The summed E-state index contributed by atoms with van der Waals surface area (Å²) >= 11 is 0. The fraction of sp³-hybridized carbons (Fsp3) is 0.889. The van der Waals surface area contributed by atoms with Crippen LogP contribution in [-0.4, -0.2) is 56.0 Å². The van der Waals surface area contributed by atoms with Gasteiger partial charge in [-0.05, 0) is 27.1 Å². The van der Waals surface area contributed by atoms with Crippen LogP contribution >= 0.6 is 0 Å². The molecule has 1 N–H and O–H groups in total. The highest BCUT2D eigenvalue weighted by atomic mass is 19.4. The smallest absolute Gasteiger partial charge is 0.351 e. The molecule has 0 heterocycles. The third kappa shape index (κ3) is 4.22. The number of carbonyl (C=O) groups excluding carboxylic acids is 1. The van der Waals surface area contributed by atoms with Crippen molar-refractivity contribution >= 4 is 5.91 Å². The first-order valence-corrected chi connectivity index (χ1v) is 5.09. The SMILES string of the molecule is CN(C)CCCNC(=O)C(F)(F)C(F)(F)C(F)(F)F. The summed E-state index contributed by atoms with van der Waals surface area (Å²) < 4.78 is 85.8. The fourth-order valence-electron chi connectivity index (χ4n) is 1.03. The third-order valence-corrected chi connectivity index (χ3v) is 2.10. The molecule has 0 radical (unpaired) electrons. The molecule has 3 nitrogen and oxygen atoms in total. The lowest BCUT2D eigenvalue weighted by Crippen LogP contribution is -2.59. The summed E-state index contributed by atoms with van der Waals surface area (Å²) in [6.07, 6.45) is -6.37. The van der Waals surface area contributed by atoms with Crippen LogP contribution in [0.4, 0.5) is 30.7 Å². The van der Waals surface area contributed by atoms with E-state index >= 15 is 0 Å². The number of alkyl halides is 7. The molecule has 0 saturated carbocycles. The van der Waals surface area contributed by atoms with Crippen molar-refractivity contribution in [1.82, 2.24) is 10.2 Å². The first-order chi connectivity index (χ1) is 8.34. The Morgan fingerprint density at radius 2 is 1.53 bits per heavy atom. The number of carbonyl (C=O) groups is 1. The number of halogens is 7. The van der Waals surface area contributed by atoms with Crippen molar-refractivity contribution in [3.63, 3.8) is 0 Å². The van der Waals surface area contributed by atoms with Crippen molar-refractivity contribution in [3.05, 3.63) is 0 Å². The largest absolute Gasteiger partial charge is 0.460 e. The highest BCUT2D eigenvalue weighted by Crippen LogP contribution is 2.46. The summed E-state index contributed by atoms with van der Waals surface area (Å²) in [4.78, 5) is 12.4. The monoisotopic (exact) mass is 298 g/mol. The van der Waals surface area contributed by atoms with Crippen LogP contribution in [0, 0.1) is 0 Å². The standard InChI is InChI=1S/C9H13F7N2O/c1-18(2)5-3-4-17-6(19)7(10,11)8(12,13)9(14,15)16/h3-5H2,1-2H3,(H,17,19). The molecule has 0 aromatic heterocycles. The van der Waals surface area contributed by atoms with Crippen LogP contribution < -0.4 is 5.32 Å². The lowest BCUT2D eigenvalue weighted by atomic mass is 10.1. The minimum atomic E-state index is -6.50. The minimum Gasteiger partial charge on any atom is -0.351 e. The van der Waals surface area contributed by atoms with Gasteiger partial charge in [-0.3, -0.25) is 4.79 Å². The minimum absolute atomic E-state index is 0.131. The number of nitrogens with zero attached hydrogens (tertiary/aromatic N) is 1. The second kappa shape index (κ2) is 5.93. The number of nitrogens with one attached hydrogen (secondary N) is 1. The summed E-state index contributed by atoms with van der Waals surface area (Å²) in [6.45, 7) is -0.0813. The van der Waals surface area contributed by atoms with Gasteiger partial charge < -0.3 is 10.2 Å². The van der Waals surface area contributed by atoms with Crippen molar-refractivity contribution in [2.75, 3.05) is 27.2 Å². The van der Waals surface area contributed by atoms with E-state index in [9.17, 15) is 35.5 Å². The van der Waals surface area contributed by atoms with Crippen molar-refractivity contribution in [2.45, 2.75) is 24.4 Å². The average molecular weight is 298 g/mol. The molecule has 10 heteroatoms.